The first kappa shape index (κ1) is 21.9. The van der Waals surface area contributed by atoms with Crippen molar-refractivity contribution < 1.29 is 9.59 Å². The molecule has 2 N–H and O–H groups in total. The quantitative estimate of drug-likeness (QED) is 0.525. The molecular weight excluding hydrogens is 422 g/mol. The van der Waals surface area contributed by atoms with Gasteiger partial charge in [-0.3, -0.25) is 9.59 Å². The van der Waals surface area contributed by atoms with Crippen LogP contribution in [0, 0.1) is 0 Å². The van der Waals surface area contributed by atoms with Crippen molar-refractivity contribution in [3.63, 3.8) is 0 Å². The molecule has 0 spiro atoms. The van der Waals surface area contributed by atoms with E-state index in [0.29, 0.717) is 28.4 Å². The van der Waals surface area contributed by atoms with Crippen LogP contribution < -0.4 is 15.5 Å². The first-order valence-electron chi connectivity index (χ1n) is 10.9. The third-order valence-electron chi connectivity index (χ3n) is 5.59. The molecule has 164 valence electrons. The Morgan fingerprint density at radius 3 is 2.31 bits per heavy atom. The first-order chi connectivity index (χ1) is 15.6. The van der Waals surface area contributed by atoms with Crippen LogP contribution in [0.1, 0.15) is 39.1 Å². The predicted octanol–water partition coefficient (Wildman–Crippen LogP) is 5.17. The van der Waals surface area contributed by atoms with Gasteiger partial charge >= 0.3 is 0 Å². The van der Waals surface area contributed by atoms with E-state index < -0.39 is 0 Å². The van der Waals surface area contributed by atoms with Crippen LogP contribution >= 0.6 is 11.6 Å². The number of nitrogens with one attached hydrogen (secondary N) is 2. The van der Waals surface area contributed by atoms with Gasteiger partial charge in [0.05, 0.1) is 5.56 Å². The first-order valence-corrected chi connectivity index (χ1v) is 11.3. The Kier molecular flexibility index (Phi) is 7.07. The zero-order valence-corrected chi connectivity index (χ0v) is 18.6. The largest absolute Gasteiger partial charge is 0.371 e. The van der Waals surface area contributed by atoms with Crippen molar-refractivity contribution in [3.8, 4) is 0 Å². The fraction of sp³-hybridized carbons (Fsp3) is 0.231. The molecule has 1 aliphatic rings. The molecule has 2 amide bonds. The van der Waals surface area contributed by atoms with Gasteiger partial charge in [0, 0.05) is 41.6 Å². The minimum atomic E-state index is -0.244. The standard InChI is InChI=1S/C26H26ClN3O2/c27-21-10-8-20(9-11-21)25(31)29-22-12-13-24(30-16-4-5-17-30)23(18-22)26(32)28-15-14-19-6-2-1-3-7-19/h1-3,6-13,18H,4-5,14-17H2,(H,28,32)(H,29,31). The van der Waals surface area contributed by atoms with Crippen molar-refractivity contribution in [1.82, 2.24) is 5.32 Å². The molecule has 6 heteroatoms. The molecule has 1 saturated heterocycles. The molecule has 0 unspecified atom stereocenters. The van der Waals surface area contributed by atoms with E-state index in [-0.39, 0.29) is 11.8 Å². The number of amides is 2. The summed E-state index contributed by atoms with van der Waals surface area (Å²) < 4.78 is 0. The second kappa shape index (κ2) is 10.3. The lowest BCUT2D eigenvalue weighted by molar-refractivity contribution is 0.0953. The number of carbonyl (C=O) groups excluding carboxylic acids is 2. The van der Waals surface area contributed by atoms with Gasteiger partial charge in [0.25, 0.3) is 11.8 Å². The fourth-order valence-corrected chi connectivity index (χ4v) is 4.02. The van der Waals surface area contributed by atoms with Gasteiger partial charge < -0.3 is 15.5 Å². The monoisotopic (exact) mass is 447 g/mol. The number of carbonyl (C=O) groups is 2. The molecule has 5 nitrogen and oxygen atoms in total. The lowest BCUT2D eigenvalue weighted by atomic mass is 10.1. The molecule has 1 aliphatic heterocycles. The molecule has 0 saturated carbocycles. The van der Waals surface area contributed by atoms with Crippen LogP contribution in [0.2, 0.25) is 5.02 Å². The Labute approximate surface area is 193 Å². The van der Waals surface area contributed by atoms with Crippen molar-refractivity contribution in [3.05, 3.63) is 94.5 Å². The summed E-state index contributed by atoms with van der Waals surface area (Å²) in [4.78, 5) is 27.9. The molecule has 0 aliphatic carbocycles. The van der Waals surface area contributed by atoms with Gasteiger partial charge in [-0.1, -0.05) is 41.9 Å². The van der Waals surface area contributed by atoms with Gasteiger partial charge in [0.15, 0.2) is 0 Å². The molecule has 1 fully saturated rings. The SMILES string of the molecule is O=C(Nc1ccc(N2CCCC2)c(C(=O)NCCc2ccccc2)c1)c1ccc(Cl)cc1. The summed E-state index contributed by atoms with van der Waals surface area (Å²) in [5.41, 5.74) is 3.75. The topological polar surface area (TPSA) is 61.4 Å². The summed E-state index contributed by atoms with van der Waals surface area (Å²) >= 11 is 5.91. The zero-order valence-electron chi connectivity index (χ0n) is 17.8. The molecule has 32 heavy (non-hydrogen) atoms. The average Bonchev–Trinajstić information content (AvgIpc) is 3.35. The third-order valence-corrected chi connectivity index (χ3v) is 5.85. The van der Waals surface area contributed by atoms with E-state index in [4.69, 9.17) is 11.6 Å². The van der Waals surface area contributed by atoms with Crippen LogP contribution in [0.15, 0.2) is 72.8 Å². The molecule has 0 bridgehead atoms. The van der Waals surface area contributed by atoms with Crippen LogP contribution in [-0.4, -0.2) is 31.4 Å². The summed E-state index contributed by atoms with van der Waals surface area (Å²) in [7, 11) is 0. The molecular formula is C26H26ClN3O2. The summed E-state index contributed by atoms with van der Waals surface area (Å²) in [5.74, 6) is -0.378. The van der Waals surface area contributed by atoms with Crippen LogP contribution in [0.25, 0.3) is 0 Å². The summed E-state index contributed by atoms with van der Waals surface area (Å²) in [6.07, 6.45) is 2.99. The van der Waals surface area contributed by atoms with Gasteiger partial charge in [-0.25, -0.2) is 0 Å². The number of nitrogens with zero attached hydrogens (tertiary/aromatic N) is 1. The van der Waals surface area contributed by atoms with Crippen molar-refractivity contribution in [1.29, 1.82) is 0 Å². The van der Waals surface area contributed by atoms with E-state index in [1.807, 2.05) is 30.3 Å². The lowest BCUT2D eigenvalue weighted by Gasteiger charge is -2.22. The van der Waals surface area contributed by atoms with E-state index in [0.717, 1.165) is 38.0 Å². The number of hydrogen-bond acceptors (Lipinski definition) is 3. The van der Waals surface area contributed by atoms with Crippen LogP contribution in [0.4, 0.5) is 11.4 Å². The number of anilines is 2. The highest BCUT2D eigenvalue weighted by Crippen LogP contribution is 2.28. The zero-order chi connectivity index (χ0) is 22.3. The van der Waals surface area contributed by atoms with Crippen LogP contribution in [-0.2, 0) is 6.42 Å². The van der Waals surface area contributed by atoms with Crippen molar-refractivity contribution in [2.24, 2.45) is 0 Å². The summed E-state index contributed by atoms with van der Waals surface area (Å²) in [6.45, 7) is 2.41. The highest BCUT2D eigenvalue weighted by molar-refractivity contribution is 6.30. The Bertz CT molecular complexity index is 1080. The maximum Gasteiger partial charge on any atom is 0.255 e. The normalized spacial score (nSPS) is 13.1. The molecule has 0 atom stereocenters. The van der Waals surface area contributed by atoms with Crippen LogP contribution in [0.3, 0.4) is 0 Å². The van der Waals surface area contributed by atoms with E-state index in [9.17, 15) is 9.59 Å². The Morgan fingerprint density at radius 1 is 0.875 bits per heavy atom. The van der Waals surface area contributed by atoms with Gasteiger partial charge in [0.2, 0.25) is 0 Å². The molecule has 0 aromatic heterocycles. The maximum absolute atomic E-state index is 13.1. The lowest BCUT2D eigenvalue weighted by Crippen LogP contribution is -2.29. The van der Waals surface area contributed by atoms with Gasteiger partial charge in [-0.05, 0) is 67.3 Å². The second-order valence-corrected chi connectivity index (χ2v) is 8.32. The van der Waals surface area contributed by atoms with Crippen LogP contribution in [0.5, 0.6) is 0 Å². The van der Waals surface area contributed by atoms with E-state index in [2.05, 4.69) is 27.7 Å². The fourth-order valence-electron chi connectivity index (χ4n) is 3.89. The predicted molar refractivity (Wildman–Crippen MR) is 130 cm³/mol. The Balaban J connectivity index is 1.50. The van der Waals surface area contributed by atoms with Crippen molar-refractivity contribution >= 4 is 34.8 Å². The van der Waals surface area contributed by atoms with E-state index >= 15 is 0 Å². The maximum atomic E-state index is 13.1. The van der Waals surface area contributed by atoms with Gasteiger partial charge in [-0.2, -0.15) is 0 Å². The smallest absolute Gasteiger partial charge is 0.255 e. The van der Waals surface area contributed by atoms with E-state index in [1.54, 1.807) is 30.3 Å². The highest BCUT2D eigenvalue weighted by Gasteiger charge is 2.20. The molecule has 3 aromatic carbocycles. The highest BCUT2D eigenvalue weighted by atomic mass is 35.5. The van der Waals surface area contributed by atoms with E-state index in [1.165, 1.54) is 5.56 Å². The minimum absolute atomic E-state index is 0.134. The molecule has 4 rings (SSSR count). The molecule has 3 aromatic rings. The van der Waals surface area contributed by atoms with Crippen molar-refractivity contribution in [2.45, 2.75) is 19.3 Å². The van der Waals surface area contributed by atoms with Gasteiger partial charge in [-0.15, -0.1) is 0 Å². The van der Waals surface area contributed by atoms with Gasteiger partial charge in [0.1, 0.15) is 0 Å². The second-order valence-electron chi connectivity index (χ2n) is 7.88. The number of halogens is 1. The Morgan fingerprint density at radius 2 is 1.59 bits per heavy atom. The number of hydrogen-bond donors (Lipinski definition) is 2. The summed E-state index contributed by atoms with van der Waals surface area (Å²) in [6, 6.07) is 22.3. The average molecular weight is 448 g/mol. The third kappa shape index (κ3) is 5.48. The minimum Gasteiger partial charge on any atom is -0.371 e. The van der Waals surface area contributed by atoms with Crippen molar-refractivity contribution in [2.75, 3.05) is 29.9 Å². The Hall–Kier alpha value is -3.31. The molecule has 1 heterocycles. The number of benzene rings is 3. The number of rotatable bonds is 7. The molecule has 0 radical (unpaired) electrons. The summed E-state index contributed by atoms with van der Waals surface area (Å²) in [5, 5.41) is 6.50.